The minimum Gasteiger partial charge on any atom is -0.309 e. The summed E-state index contributed by atoms with van der Waals surface area (Å²) >= 11 is 6.04. The van der Waals surface area contributed by atoms with Crippen LogP contribution in [0.5, 0.6) is 0 Å². The number of aromatic nitrogens is 1. The Bertz CT molecular complexity index is 1340. The first-order valence-electron chi connectivity index (χ1n) is 8.86. The summed E-state index contributed by atoms with van der Waals surface area (Å²) in [5.74, 6) is -0.650. The third kappa shape index (κ3) is 2.67. The van der Waals surface area contributed by atoms with Crippen molar-refractivity contribution in [1.82, 2.24) is 4.57 Å². The van der Waals surface area contributed by atoms with Crippen LogP contribution in [0.4, 0.5) is 8.78 Å². The van der Waals surface area contributed by atoms with Crippen LogP contribution in [-0.2, 0) is 0 Å². The number of hydrogen-bond acceptors (Lipinski definition) is 0. The maximum Gasteiger partial charge on any atom is 0.125 e. The minimum atomic E-state index is -0.332. The molecule has 0 atom stereocenters. The average Bonchev–Trinajstić information content (AvgIpc) is 3.01. The second-order valence-corrected chi connectivity index (χ2v) is 7.12. The van der Waals surface area contributed by atoms with Gasteiger partial charge in [-0.15, -0.1) is 0 Å². The Hall–Kier alpha value is -3.17. The number of rotatable bonds is 2. The first-order valence-corrected chi connectivity index (χ1v) is 9.24. The van der Waals surface area contributed by atoms with E-state index in [2.05, 4.69) is 0 Å². The molecule has 0 bridgehead atoms. The third-order valence-corrected chi connectivity index (χ3v) is 5.24. The van der Waals surface area contributed by atoms with Crippen molar-refractivity contribution in [2.75, 3.05) is 0 Å². The summed E-state index contributed by atoms with van der Waals surface area (Å²) in [4.78, 5) is 0. The van der Waals surface area contributed by atoms with Crippen LogP contribution >= 0.6 is 11.6 Å². The van der Waals surface area contributed by atoms with E-state index in [0.717, 1.165) is 33.1 Å². The van der Waals surface area contributed by atoms with Gasteiger partial charge in [0, 0.05) is 21.4 Å². The van der Waals surface area contributed by atoms with E-state index in [9.17, 15) is 8.78 Å². The molecule has 0 N–H and O–H groups in total. The molecule has 0 aliphatic carbocycles. The predicted molar refractivity (Wildman–Crippen MR) is 111 cm³/mol. The summed E-state index contributed by atoms with van der Waals surface area (Å²) < 4.78 is 30.0. The van der Waals surface area contributed by atoms with Gasteiger partial charge in [0.05, 0.1) is 16.7 Å². The van der Waals surface area contributed by atoms with E-state index >= 15 is 0 Å². The van der Waals surface area contributed by atoms with E-state index in [1.54, 1.807) is 12.1 Å². The average molecular weight is 390 g/mol. The fraction of sp³-hybridized carbons (Fsp3) is 0. The van der Waals surface area contributed by atoms with E-state index in [-0.39, 0.29) is 11.6 Å². The van der Waals surface area contributed by atoms with Gasteiger partial charge in [-0.2, -0.15) is 0 Å². The summed E-state index contributed by atoms with van der Waals surface area (Å²) in [5.41, 5.74) is 4.38. The van der Waals surface area contributed by atoms with Crippen LogP contribution in [0.2, 0.25) is 5.02 Å². The molecule has 1 heterocycles. The van der Waals surface area contributed by atoms with Gasteiger partial charge in [-0.05, 0) is 60.2 Å². The zero-order valence-corrected chi connectivity index (χ0v) is 15.4. The Labute approximate surface area is 165 Å². The van der Waals surface area contributed by atoms with Crippen molar-refractivity contribution in [3.8, 4) is 16.8 Å². The summed E-state index contributed by atoms with van der Waals surface area (Å²) in [6.45, 7) is 0. The molecule has 0 saturated carbocycles. The van der Waals surface area contributed by atoms with Gasteiger partial charge >= 0.3 is 0 Å². The summed E-state index contributed by atoms with van der Waals surface area (Å²) in [6.07, 6.45) is 0. The highest BCUT2D eigenvalue weighted by molar-refractivity contribution is 6.30. The minimum absolute atomic E-state index is 0.318. The standard InChI is InChI=1S/C24H14ClF2N/c25-16-7-5-15(6-8-16)19-3-1-2-4-22(19)28-23-12-10-17(26)13-21(23)20-11-9-18(27)14-24(20)28/h1-14H. The van der Waals surface area contributed by atoms with Crippen molar-refractivity contribution in [2.24, 2.45) is 0 Å². The van der Waals surface area contributed by atoms with Crippen molar-refractivity contribution in [2.45, 2.75) is 0 Å². The summed E-state index contributed by atoms with van der Waals surface area (Å²) in [7, 11) is 0. The van der Waals surface area contributed by atoms with E-state index in [4.69, 9.17) is 11.6 Å². The zero-order chi connectivity index (χ0) is 19.3. The molecule has 0 fully saturated rings. The van der Waals surface area contributed by atoms with E-state index in [1.807, 2.05) is 53.1 Å². The van der Waals surface area contributed by atoms with Gasteiger partial charge in [-0.25, -0.2) is 8.78 Å². The molecule has 5 aromatic rings. The van der Waals surface area contributed by atoms with Gasteiger partial charge in [-0.1, -0.05) is 41.9 Å². The highest BCUT2D eigenvalue weighted by atomic mass is 35.5. The van der Waals surface area contributed by atoms with Gasteiger partial charge < -0.3 is 4.57 Å². The van der Waals surface area contributed by atoms with Crippen molar-refractivity contribution >= 4 is 33.4 Å². The Morgan fingerprint density at radius 2 is 1.36 bits per heavy atom. The number of para-hydroxylation sites is 1. The number of benzene rings is 4. The molecule has 0 aliphatic heterocycles. The highest BCUT2D eigenvalue weighted by Crippen LogP contribution is 2.36. The van der Waals surface area contributed by atoms with Crippen molar-refractivity contribution in [3.63, 3.8) is 0 Å². The summed E-state index contributed by atoms with van der Waals surface area (Å²) in [5, 5.41) is 2.22. The molecule has 136 valence electrons. The number of fused-ring (bicyclic) bond motifs is 3. The lowest BCUT2D eigenvalue weighted by molar-refractivity contribution is 0.629. The Kier molecular flexibility index (Phi) is 3.92. The fourth-order valence-electron chi connectivity index (χ4n) is 3.77. The molecule has 4 aromatic carbocycles. The fourth-order valence-corrected chi connectivity index (χ4v) is 3.89. The molecule has 0 unspecified atom stereocenters. The summed E-state index contributed by atoms with van der Waals surface area (Å²) in [6, 6.07) is 24.7. The maximum atomic E-state index is 14.1. The van der Waals surface area contributed by atoms with Crippen LogP contribution in [0.1, 0.15) is 0 Å². The lowest BCUT2D eigenvalue weighted by Crippen LogP contribution is -1.97. The van der Waals surface area contributed by atoms with Crippen LogP contribution in [0.25, 0.3) is 38.6 Å². The third-order valence-electron chi connectivity index (χ3n) is 4.99. The molecular formula is C24H14ClF2N. The molecule has 1 nitrogen and oxygen atoms in total. The monoisotopic (exact) mass is 389 g/mol. The molecular weight excluding hydrogens is 376 g/mol. The number of halogens is 3. The van der Waals surface area contributed by atoms with Gasteiger partial charge in [0.25, 0.3) is 0 Å². The van der Waals surface area contributed by atoms with E-state index in [0.29, 0.717) is 10.5 Å². The molecule has 5 rings (SSSR count). The normalized spacial score (nSPS) is 11.4. The SMILES string of the molecule is Fc1ccc2c(c1)c1ccc(F)cc1n2-c1ccccc1-c1ccc(Cl)cc1. The van der Waals surface area contributed by atoms with Gasteiger partial charge in [-0.3, -0.25) is 0 Å². The predicted octanol–water partition coefficient (Wildman–Crippen LogP) is 7.38. The molecule has 0 amide bonds. The topological polar surface area (TPSA) is 4.93 Å². The molecule has 4 heteroatoms. The van der Waals surface area contributed by atoms with Gasteiger partial charge in [0.2, 0.25) is 0 Å². The van der Waals surface area contributed by atoms with Gasteiger partial charge in [0.1, 0.15) is 11.6 Å². The zero-order valence-electron chi connectivity index (χ0n) is 14.7. The molecule has 0 radical (unpaired) electrons. The van der Waals surface area contributed by atoms with Crippen LogP contribution in [-0.4, -0.2) is 4.57 Å². The van der Waals surface area contributed by atoms with E-state index in [1.165, 1.54) is 24.3 Å². The molecule has 28 heavy (non-hydrogen) atoms. The van der Waals surface area contributed by atoms with Crippen molar-refractivity contribution in [1.29, 1.82) is 0 Å². The van der Waals surface area contributed by atoms with Crippen LogP contribution in [0, 0.1) is 11.6 Å². The lowest BCUT2D eigenvalue weighted by atomic mass is 10.0. The Morgan fingerprint density at radius 1 is 0.643 bits per heavy atom. The van der Waals surface area contributed by atoms with E-state index < -0.39 is 0 Å². The highest BCUT2D eigenvalue weighted by Gasteiger charge is 2.16. The number of nitrogens with zero attached hydrogens (tertiary/aromatic N) is 1. The van der Waals surface area contributed by atoms with Crippen LogP contribution in [0.15, 0.2) is 84.9 Å². The quantitative estimate of drug-likeness (QED) is 0.297. The second kappa shape index (κ2) is 6.47. The van der Waals surface area contributed by atoms with Crippen LogP contribution in [0.3, 0.4) is 0 Å². The van der Waals surface area contributed by atoms with Crippen molar-refractivity contribution < 1.29 is 8.78 Å². The first-order chi connectivity index (χ1) is 13.6. The maximum absolute atomic E-state index is 14.1. The largest absolute Gasteiger partial charge is 0.309 e. The first kappa shape index (κ1) is 17.0. The van der Waals surface area contributed by atoms with Gasteiger partial charge in [0.15, 0.2) is 0 Å². The molecule has 0 saturated heterocycles. The smallest absolute Gasteiger partial charge is 0.125 e. The molecule has 1 aromatic heterocycles. The Morgan fingerprint density at radius 3 is 2.18 bits per heavy atom. The van der Waals surface area contributed by atoms with Crippen LogP contribution < -0.4 is 0 Å². The number of hydrogen-bond donors (Lipinski definition) is 0. The molecule has 0 spiro atoms. The Balaban J connectivity index is 1.90. The second-order valence-electron chi connectivity index (χ2n) is 6.68. The molecule has 0 aliphatic rings. The lowest BCUT2D eigenvalue weighted by Gasteiger charge is -2.14. The van der Waals surface area contributed by atoms with Crippen molar-refractivity contribution in [3.05, 3.63) is 102 Å².